The molecule has 0 radical (unpaired) electrons. The summed E-state index contributed by atoms with van der Waals surface area (Å²) in [5.41, 5.74) is 0.239. The van der Waals surface area contributed by atoms with Crippen LogP contribution in [0.2, 0.25) is 0 Å². The van der Waals surface area contributed by atoms with E-state index in [4.69, 9.17) is 0 Å². The molecule has 0 atom stereocenters. The predicted molar refractivity (Wildman–Crippen MR) is 63.4 cm³/mol. The molecular weight excluding hydrogens is 245 g/mol. The first-order chi connectivity index (χ1) is 8.08. The van der Waals surface area contributed by atoms with Crippen LogP contribution < -0.4 is 10.0 Å². The monoisotopic (exact) mass is 259 g/mol. The normalized spacial score (nSPS) is 17.9. The number of hydrogen-bond acceptors (Lipinski definition) is 3. The van der Waals surface area contributed by atoms with E-state index in [0.29, 0.717) is 26.2 Å². The zero-order chi connectivity index (χ0) is 12.3. The van der Waals surface area contributed by atoms with Crippen molar-refractivity contribution in [1.82, 2.24) is 9.62 Å². The van der Waals surface area contributed by atoms with Crippen LogP contribution in [0.15, 0.2) is 24.3 Å². The summed E-state index contributed by atoms with van der Waals surface area (Å²) in [7, 11) is -3.58. The topological polar surface area (TPSA) is 61.4 Å². The molecule has 0 bridgehead atoms. The molecule has 1 heterocycles. The highest BCUT2D eigenvalue weighted by atomic mass is 32.2. The summed E-state index contributed by atoms with van der Waals surface area (Å²) in [5, 5.41) is 3.07. The summed E-state index contributed by atoms with van der Waals surface area (Å²) in [6.07, 6.45) is 0. The Hall–Kier alpha value is -1.18. The van der Waals surface area contributed by atoms with Gasteiger partial charge in [0.15, 0.2) is 0 Å². The van der Waals surface area contributed by atoms with Crippen LogP contribution >= 0.6 is 0 Å². The van der Waals surface area contributed by atoms with Gasteiger partial charge in [0.1, 0.15) is 5.82 Å². The summed E-state index contributed by atoms with van der Waals surface area (Å²) >= 11 is 0. The van der Waals surface area contributed by atoms with E-state index in [1.54, 1.807) is 0 Å². The average molecular weight is 259 g/mol. The molecule has 1 fully saturated rings. The van der Waals surface area contributed by atoms with Gasteiger partial charge in [-0.3, -0.25) is 4.72 Å². The summed E-state index contributed by atoms with van der Waals surface area (Å²) in [6.45, 7) is 2.10. The van der Waals surface area contributed by atoms with Gasteiger partial charge < -0.3 is 5.32 Å². The van der Waals surface area contributed by atoms with Crippen LogP contribution in [0, 0.1) is 5.82 Å². The quantitative estimate of drug-likeness (QED) is 0.825. The number of anilines is 1. The van der Waals surface area contributed by atoms with Gasteiger partial charge in [-0.15, -0.1) is 0 Å². The van der Waals surface area contributed by atoms with E-state index in [9.17, 15) is 12.8 Å². The number of rotatable bonds is 3. The molecule has 1 aliphatic heterocycles. The minimum atomic E-state index is -3.58. The fraction of sp³-hybridized carbons (Fsp3) is 0.400. The van der Waals surface area contributed by atoms with Crippen LogP contribution in [0.3, 0.4) is 0 Å². The van der Waals surface area contributed by atoms with Gasteiger partial charge in [-0.2, -0.15) is 12.7 Å². The number of nitrogens with one attached hydrogen (secondary N) is 2. The highest BCUT2D eigenvalue weighted by molar-refractivity contribution is 7.90. The van der Waals surface area contributed by atoms with Crippen molar-refractivity contribution in [2.45, 2.75) is 0 Å². The Morgan fingerprint density at radius 2 is 2.00 bits per heavy atom. The van der Waals surface area contributed by atoms with E-state index in [2.05, 4.69) is 10.0 Å². The molecule has 2 rings (SSSR count). The van der Waals surface area contributed by atoms with Crippen molar-refractivity contribution in [3.63, 3.8) is 0 Å². The number of piperazine rings is 1. The Bertz CT molecular complexity index is 486. The van der Waals surface area contributed by atoms with E-state index in [0.717, 1.165) is 6.07 Å². The average Bonchev–Trinajstić information content (AvgIpc) is 2.29. The fourth-order valence-electron chi connectivity index (χ4n) is 1.65. The van der Waals surface area contributed by atoms with Crippen molar-refractivity contribution >= 4 is 15.9 Å². The van der Waals surface area contributed by atoms with Crippen molar-refractivity contribution in [3.8, 4) is 0 Å². The summed E-state index contributed by atoms with van der Waals surface area (Å²) in [5.74, 6) is -0.467. The molecule has 1 aromatic rings. The molecule has 1 aromatic carbocycles. The molecular formula is C10H14FN3O2S. The summed E-state index contributed by atoms with van der Waals surface area (Å²) in [4.78, 5) is 0. The zero-order valence-corrected chi connectivity index (χ0v) is 10.0. The van der Waals surface area contributed by atoms with Crippen molar-refractivity contribution in [3.05, 3.63) is 30.1 Å². The van der Waals surface area contributed by atoms with Gasteiger partial charge >= 0.3 is 10.2 Å². The molecule has 0 aromatic heterocycles. The molecule has 2 N–H and O–H groups in total. The second kappa shape index (κ2) is 4.99. The standard InChI is InChI=1S/C10H14FN3O2S/c11-9-2-1-3-10(8-9)13-17(15,16)14-6-4-12-5-7-14/h1-3,8,12-13H,4-7H2. The van der Waals surface area contributed by atoms with Crippen LogP contribution in [0.1, 0.15) is 0 Å². The second-order valence-electron chi connectivity index (χ2n) is 3.77. The van der Waals surface area contributed by atoms with Crippen molar-refractivity contribution in [2.75, 3.05) is 30.9 Å². The van der Waals surface area contributed by atoms with Gasteiger partial charge in [0.05, 0.1) is 5.69 Å². The SMILES string of the molecule is O=S(=O)(Nc1cccc(F)c1)N1CCNCC1. The maximum atomic E-state index is 12.9. The Morgan fingerprint density at radius 1 is 1.29 bits per heavy atom. The van der Waals surface area contributed by atoms with E-state index < -0.39 is 16.0 Å². The highest BCUT2D eigenvalue weighted by Gasteiger charge is 2.23. The number of hydrogen-bond donors (Lipinski definition) is 2. The van der Waals surface area contributed by atoms with Gasteiger partial charge in [-0.1, -0.05) is 6.07 Å². The van der Waals surface area contributed by atoms with E-state index in [-0.39, 0.29) is 5.69 Å². The van der Waals surface area contributed by atoms with Crippen LogP contribution in [-0.4, -0.2) is 38.9 Å². The number of benzene rings is 1. The molecule has 17 heavy (non-hydrogen) atoms. The predicted octanol–water partition coefficient (Wildman–Crippen LogP) is 0.388. The first kappa shape index (κ1) is 12.3. The van der Waals surface area contributed by atoms with Crippen molar-refractivity contribution in [1.29, 1.82) is 0 Å². The van der Waals surface area contributed by atoms with Crippen molar-refractivity contribution < 1.29 is 12.8 Å². The Balaban J connectivity index is 2.11. The minimum Gasteiger partial charge on any atom is -0.314 e. The van der Waals surface area contributed by atoms with Gasteiger partial charge in [0.25, 0.3) is 0 Å². The Morgan fingerprint density at radius 3 is 2.65 bits per heavy atom. The molecule has 0 amide bonds. The maximum absolute atomic E-state index is 12.9. The lowest BCUT2D eigenvalue weighted by Crippen LogP contribution is -2.48. The van der Waals surface area contributed by atoms with Gasteiger partial charge in [-0.05, 0) is 18.2 Å². The van der Waals surface area contributed by atoms with Crippen LogP contribution in [0.5, 0.6) is 0 Å². The van der Waals surface area contributed by atoms with Crippen molar-refractivity contribution in [2.24, 2.45) is 0 Å². The number of nitrogens with zero attached hydrogens (tertiary/aromatic N) is 1. The zero-order valence-electron chi connectivity index (χ0n) is 9.19. The molecule has 5 nitrogen and oxygen atoms in total. The molecule has 94 valence electrons. The maximum Gasteiger partial charge on any atom is 0.301 e. The smallest absolute Gasteiger partial charge is 0.301 e. The minimum absolute atomic E-state index is 0.239. The molecule has 0 spiro atoms. The summed E-state index contributed by atoms with van der Waals surface area (Å²) < 4.78 is 40.5. The molecule has 0 unspecified atom stereocenters. The van der Waals surface area contributed by atoms with Gasteiger partial charge in [0.2, 0.25) is 0 Å². The molecule has 7 heteroatoms. The lowest BCUT2D eigenvalue weighted by molar-refractivity contribution is 0.362. The third-order valence-electron chi connectivity index (χ3n) is 2.49. The summed E-state index contributed by atoms with van der Waals surface area (Å²) in [6, 6.07) is 5.40. The van der Waals surface area contributed by atoms with Crippen LogP contribution in [-0.2, 0) is 10.2 Å². The van der Waals surface area contributed by atoms with E-state index in [1.807, 2.05) is 0 Å². The third kappa shape index (κ3) is 3.15. The van der Waals surface area contributed by atoms with Crippen LogP contribution in [0.4, 0.5) is 10.1 Å². The first-order valence-electron chi connectivity index (χ1n) is 5.32. The van der Waals surface area contributed by atoms with Gasteiger partial charge in [0, 0.05) is 26.2 Å². The van der Waals surface area contributed by atoms with Crippen LogP contribution in [0.25, 0.3) is 0 Å². The number of halogens is 1. The lowest BCUT2D eigenvalue weighted by Gasteiger charge is -2.26. The Kier molecular flexibility index (Phi) is 3.60. The second-order valence-corrected chi connectivity index (χ2v) is 5.44. The van der Waals surface area contributed by atoms with E-state index in [1.165, 1.54) is 22.5 Å². The largest absolute Gasteiger partial charge is 0.314 e. The van der Waals surface area contributed by atoms with E-state index >= 15 is 0 Å². The highest BCUT2D eigenvalue weighted by Crippen LogP contribution is 2.13. The lowest BCUT2D eigenvalue weighted by atomic mass is 10.3. The fourth-order valence-corrected chi connectivity index (χ4v) is 2.87. The van der Waals surface area contributed by atoms with Gasteiger partial charge in [-0.25, -0.2) is 4.39 Å². The first-order valence-corrected chi connectivity index (χ1v) is 6.76. The molecule has 0 aliphatic carbocycles. The third-order valence-corrected chi connectivity index (χ3v) is 4.03. The molecule has 0 saturated carbocycles. The molecule has 1 saturated heterocycles. The molecule has 1 aliphatic rings. The Labute approximate surface area is 99.8 Å².